The molecule has 8 nitrogen and oxygen atoms in total. The van der Waals surface area contributed by atoms with Gasteiger partial charge in [-0.3, -0.25) is 20.2 Å². The number of hydrogen-bond acceptors (Lipinski definition) is 5. The number of thiocarbonyl (C=S) groups is 1. The summed E-state index contributed by atoms with van der Waals surface area (Å²) < 4.78 is 0. The maximum atomic E-state index is 10.7. The van der Waals surface area contributed by atoms with E-state index in [0.717, 1.165) is 0 Å². The lowest BCUT2D eigenvalue weighted by atomic mass is 10.3. The number of rotatable bonds is 4. The Morgan fingerprint density at radius 1 is 1.00 bits per heavy atom. The quantitative estimate of drug-likeness (QED) is 0.486. The summed E-state index contributed by atoms with van der Waals surface area (Å²) in [5.74, 6) is 0. The van der Waals surface area contributed by atoms with Crippen LogP contribution in [0.5, 0.6) is 0 Å². The first-order chi connectivity index (χ1) is 10.9. The lowest BCUT2D eigenvalue weighted by Crippen LogP contribution is -2.19. The van der Waals surface area contributed by atoms with E-state index in [9.17, 15) is 20.2 Å². The number of nitrogens with zero attached hydrogens (tertiary/aromatic N) is 2. The summed E-state index contributed by atoms with van der Waals surface area (Å²) in [6, 6.07) is 9.70. The van der Waals surface area contributed by atoms with Crippen LogP contribution in [-0.4, -0.2) is 15.0 Å². The third-order valence-corrected chi connectivity index (χ3v) is 3.24. The van der Waals surface area contributed by atoms with Gasteiger partial charge in [-0.25, -0.2) is 0 Å². The van der Waals surface area contributed by atoms with Crippen molar-refractivity contribution in [2.24, 2.45) is 0 Å². The second kappa shape index (κ2) is 6.99. The average molecular weight is 353 g/mol. The second-order valence-electron chi connectivity index (χ2n) is 4.31. The Hall–Kier alpha value is -2.78. The highest BCUT2D eigenvalue weighted by Gasteiger charge is 2.11. The lowest BCUT2D eigenvalue weighted by molar-refractivity contribution is -0.385. The highest BCUT2D eigenvalue weighted by Crippen LogP contribution is 2.27. The van der Waals surface area contributed by atoms with Crippen LogP contribution in [0.1, 0.15) is 0 Å². The first-order valence-corrected chi connectivity index (χ1v) is 6.92. The third-order valence-electron chi connectivity index (χ3n) is 2.73. The summed E-state index contributed by atoms with van der Waals surface area (Å²) in [6.45, 7) is 0. The van der Waals surface area contributed by atoms with Crippen molar-refractivity contribution in [1.82, 2.24) is 0 Å². The molecule has 0 unspecified atom stereocenters. The van der Waals surface area contributed by atoms with Gasteiger partial charge < -0.3 is 10.6 Å². The molecule has 0 aliphatic carbocycles. The number of anilines is 2. The van der Waals surface area contributed by atoms with Gasteiger partial charge in [0.15, 0.2) is 5.11 Å². The molecule has 0 bridgehead atoms. The van der Waals surface area contributed by atoms with Gasteiger partial charge in [-0.1, -0.05) is 17.7 Å². The predicted octanol–water partition coefficient (Wildman–Crippen LogP) is 3.97. The van der Waals surface area contributed by atoms with E-state index in [4.69, 9.17) is 23.8 Å². The highest BCUT2D eigenvalue weighted by molar-refractivity contribution is 7.80. The van der Waals surface area contributed by atoms with E-state index in [0.29, 0.717) is 11.4 Å². The number of benzene rings is 2. The predicted molar refractivity (Wildman–Crippen MR) is 91.0 cm³/mol. The molecule has 2 N–H and O–H groups in total. The fourth-order valence-corrected chi connectivity index (χ4v) is 2.15. The summed E-state index contributed by atoms with van der Waals surface area (Å²) in [6.07, 6.45) is 0. The summed E-state index contributed by atoms with van der Waals surface area (Å²) in [7, 11) is 0. The van der Waals surface area contributed by atoms with E-state index in [1.165, 1.54) is 36.4 Å². The van der Waals surface area contributed by atoms with Crippen LogP contribution in [0.15, 0.2) is 42.5 Å². The Balaban J connectivity index is 2.09. The minimum Gasteiger partial charge on any atom is -0.332 e. The molecule has 0 atom stereocenters. The molecule has 2 aromatic rings. The molecular weight excluding hydrogens is 344 g/mol. The monoisotopic (exact) mass is 352 g/mol. The Morgan fingerprint density at radius 3 is 2.26 bits per heavy atom. The summed E-state index contributed by atoms with van der Waals surface area (Å²) in [5, 5.41) is 27.2. The van der Waals surface area contributed by atoms with E-state index in [-0.39, 0.29) is 21.5 Å². The minimum atomic E-state index is -0.560. The molecule has 2 rings (SSSR count). The van der Waals surface area contributed by atoms with Gasteiger partial charge in [0, 0.05) is 30.0 Å². The fourth-order valence-electron chi connectivity index (χ4n) is 1.70. The molecule has 2 aromatic carbocycles. The molecular formula is C13H9ClN4O4S. The Morgan fingerprint density at radius 2 is 1.65 bits per heavy atom. The van der Waals surface area contributed by atoms with Crippen LogP contribution in [0, 0.1) is 20.2 Å². The molecule has 23 heavy (non-hydrogen) atoms. The van der Waals surface area contributed by atoms with E-state index in [1.54, 1.807) is 6.07 Å². The number of nitro groups is 2. The first-order valence-electron chi connectivity index (χ1n) is 6.13. The molecule has 0 aromatic heterocycles. The number of non-ortho nitro benzene ring substituents is 2. The molecule has 0 fully saturated rings. The smallest absolute Gasteiger partial charge is 0.271 e. The van der Waals surface area contributed by atoms with Gasteiger partial charge in [0.1, 0.15) is 0 Å². The van der Waals surface area contributed by atoms with Crippen LogP contribution in [0.2, 0.25) is 5.02 Å². The molecule has 0 heterocycles. The van der Waals surface area contributed by atoms with Gasteiger partial charge in [-0.2, -0.15) is 0 Å². The molecule has 0 aliphatic rings. The molecule has 0 spiro atoms. The second-order valence-corrected chi connectivity index (χ2v) is 5.12. The van der Waals surface area contributed by atoms with Crippen LogP contribution in [0.3, 0.4) is 0 Å². The van der Waals surface area contributed by atoms with Gasteiger partial charge >= 0.3 is 0 Å². The van der Waals surface area contributed by atoms with Gasteiger partial charge in [-0.05, 0) is 24.4 Å². The highest BCUT2D eigenvalue weighted by atomic mass is 35.5. The van der Waals surface area contributed by atoms with Crippen molar-refractivity contribution < 1.29 is 9.85 Å². The van der Waals surface area contributed by atoms with Crippen molar-refractivity contribution in [1.29, 1.82) is 0 Å². The number of halogens is 1. The Labute approximate surface area is 140 Å². The fraction of sp³-hybridized carbons (Fsp3) is 0. The SMILES string of the molecule is O=[N+]([O-])c1cccc(NC(=S)Nc2ccc([N+](=O)[O-])cc2Cl)c1. The molecule has 0 amide bonds. The largest absolute Gasteiger partial charge is 0.332 e. The molecule has 10 heteroatoms. The minimum absolute atomic E-state index is 0.0776. The summed E-state index contributed by atoms with van der Waals surface area (Å²) in [5.41, 5.74) is 0.583. The summed E-state index contributed by atoms with van der Waals surface area (Å²) >= 11 is 11.0. The van der Waals surface area contributed by atoms with E-state index < -0.39 is 9.85 Å². The normalized spacial score (nSPS) is 9.96. The van der Waals surface area contributed by atoms with Crippen LogP contribution in [0.4, 0.5) is 22.7 Å². The van der Waals surface area contributed by atoms with Crippen molar-refractivity contribution >= 4 is 51.7 Å². The Bertz CT molecular complexity index is 799. The molecule has 0 radical (unpaired) electrons. The van der Waals surface area contributed by atoms with Crippen molar-refractivity contribution in [3.63, 3.8) is 0 Å². The maximum absolute atomic E-state index is 10.7. The van der Waals surface area contributed by atoms with Crippen molar-refractivity contribution in [3.05, 3.63) is 67.7 Å². The van der Waals surface area contributed by atoms with Gasteiger partial charge in [0.05, 0.1) is 20.6 Å². The van der Waals surface area contributed by atoms with Crippen LogP contribution in [-0.2, 0) is 0 Å². The molecule has 118 valence electrons. The van der Waals surface area contributed by atoms with Crippen LogP contribution < -0.4 is 10.6 Å². The van der Waals surface area contributed by atoms with Gasteiger partial charge in [-0.15, -0.1) is 0 Å². The van der Waals surface area contributed by atoms with Gasteiger partial charge in [0.25, 0.3) is 11.4 Å². The lowest BCUT2D eigenvalue weighted by Gasteiger charge is -2.11. The van der Waals surface area contributed by atoms with Crippen molar-refractivity contribution in [2.75, 3.05) is 10.6 Å². The third kappa shape index (κ3) is 4.34. The standard InChI is InChI=1S/C13H9ClN4O4S/c14-11-7-10(18(21)22)4-5-12(11)16-13(23)15-8-2-1-3-9(6-8)17(19)20/h1-7H,(H2,15,16,23). The van der Waals surface area contributed by atoms with E-state index >= 15 is 0 Å². The van der Waals surface area contributed by atoms with Crippen molar-refractivity contribution in [3.8, 4) is 0 Å². The topological polar surface area (TPSA) is 110 Å². The molecule has 0 aliphatic heterocycles. The van der Waals surface area contributed by atoms with E-state index in [1.807, 2.05) is 0 Å². The van der Waals surface area contributed by atoms with Crippen LogP contribution in [0.25, 0.3) is 0 Å². The summed E-state index contributed by atoms with van der Waals surface area (Å²) in [4.78, 5) is 20.3. The zero-order valence-electron chi connectivity index (χ0n) is 11.4. The first kappa shape index (κ1) is 16.6. The Kier molecular flexibility index (Phi) is 5.04. The maximum Gasteiger partial charge on any atom is 0.271 e. The zero-order valence-corrected chi connectivity index (χ0v) is 12.9. The molecule has 0 saturated carbocycles. The van der Waals surface area contributed by atoms with E-state index in [2.05, 4.69) is 10.6 Å². The number of nitrogens with one attached hydrogen (secondary N) is 2. The number of hydrogen-bond donors (Lipinski definition) is 2. The zero-order chi connectivity index (χ0) is 17.0. The van der Waals surface area contributed by atoms with Crippen molar-refractivity contribution in [2.45, 2.75) is 0 Å². The number of nitro benzene ring substituents is 2. The average Bonchev–Trinajstić information content (AvgIpc) is 2.49. The van der Waals surface area contributed by atoms with Crippen LogP contribution >= 0.6 is 23.8 Å². The van der Waals surface area contributed by atoms with Gasteiger partial charge in [0.2, 0.25) is 0 Å². The molecule has 0 saturated heterocycles.